The largest absolute Gasteiger partial charge is 0.485 e. The molecular weight excluding hydrogens is 164 g/mol. The lowest BCUT2D eigenvalue weighted by Crippen LogP contribution is -2.15. The zero-order valence-corrected chi connectivity index (χ0v) is 7.00. The van der Waals surface area contributed by atoms with Crippen LogP contribution in [0.15, 0.2) is 30.5 Å². The van der Waals surface area contributed by atoms with Gasteiger partial charge in [0.1, 0.15) is 12.4 Å². The van der Waals surface area contributed by atoms with Crippen LogP contribution in [0, 0.1) is 11.3 Å². The highest BCUT2D eigenvalue weighted by Gasteiger charge is 2.11. The highest BCUT2D eigenvalue weighted by Crippen LogP contribution is 2.30. The molecule has 1 aromatic carbocycles. The van der Waals surface area contributed by atoms with Crippen molar-refractivity contribution in [2.24, 2.45) is 0 Å². The summed E-state index contributed by atoms with van der Waals surface area (Å²) in [5.74, 6) is 0.714. The molecule has 0 bridgehead atoms. The Morgan fingerprint density at radius 1 is 1.54 bits per heavy atom. The zero-order valence-electron chi connectivity index (χ0n) is 7.00. The Morgan fingerprint density at radius 2 is 2.38 bits per heavy atom. The Morgan fingerprint density at radius 3 is 3.15 bits per heavy atom. The Kier molecular flexibility index (Phi) is 1.67. The second-order valence-corrected chi connectivity index (χ2v) is 2.84. The molecule has 0 radical (unpaired) electrons. The molecule has 1 aliphatic heterocycles. The van der Waals surface area contributed by atoms with E-state index in [2.05, 4.69) is 18.0 Å². The van der Waals surface area contributed by atoms with Gasteiger partial charge in [-0.3, -0.25) is 0 Å². The first-order chi connectivity index (χ1) is 6.29. The molecular formula is C10H8N2O. The lowest BCUT2D eigenvalue weighted by molar-refractivity contribution is 0.346. The van der Waals surface area contributed by atoms with Crippen molar-refractivity contribution in [3.8, 4) is 11.8 Å². The summed E-state index contributed by atoms with van der Waals surface area (Å²) in [5.41, 5.74) is 2.31. The first-order valence-electron chi connectivity index (χ1n) is 3.91. The molecule has 0 unspecified atom stereocenters. The first-order valence-corrected chi connectivity index (χ1v) is 3.91. The van der Waals surface area contributed by atoms with Gasteiger partial charge < -0.3 is 10.1 Å². The van der Waals surface area contributed by atoms with Gasteiger partial charge in [0.25, 0.3) is 0 Å². The van der Waals surface area contributed by atoms with Crippen LogP contribution in [-0.4, -0.2) is 6.61 Å². The number of hydrogen-bond donors (Lipinski definition) is 1. The SMILES string of the molecule is C=C1COc2cc(C#N)ccc2N1. The Bertz CT molecular complexity index is 404. The monoisotopic (exact) mass is 172 g/mol. The topological polar surface area (TPSA) is 45.0 Å². The molecule has 1 heterocycles. The summed E-state index contributed by atoms with van der Waals surface area (Å²) in [6.45, 7) is 4.21. The molecule has 3 nitrogen and oxygen atoms in total. The Hall–Kier alpha value is -1.95. The van der Waals surface area contributed by atoms with Gasteiger partial charge in [0, 0.05) is 11.8 Å². The second-order valence-electron chi connectivity index (χ2n) is 2.84. The molecule has 0 saturated heterocycles. The lowest BCUT2D eigenvalue weighted by atomic mass is 10.2. The number of nitriles is 1. The van der Waals surface area contributed by atoms with E-state index in [1.165, 1.54) is 0 Å². The molecule has 1 aliphatic rings. The van der Waals surface area contributed by atoms with Crippen LogP contribution in [0.5, 0.6) is 5.75 Å². The normalized spacial score (nSPS) is 13.6. The number of fused-ring (bicyclic) bond motifs is 1. The van der Waals surface area contributed by atoms with Gasteiger partial charge in [-0.15, -0.1) is 0 Å². The van der Waals surface area contributed by atoms with Crippen LogP contribution in [0.3, 0.4) is 0 Å². The molecule has 1 aromatic rings. The van der Waals surface area contributed by atoms with Gasteiger partial charge in [-0.2, -0.15) is 5.26 Å². The highest BCUT2D eigenvalue weighted by molar-refractivity contribution is 5.63. The quantitative estimate of drug-likeness (QED) is 0.649. The molecule has 3 heteroatoms. The van der Waals surface area contributed by atoms with Gasteiger partial charge in [-0.1, -0.05) is 6.58 Å². The third-order valence-electron chi connectivity index (χ3n) is 1.82. The maximum atomic E-state index is 8.65. The highest BCUT2D eigenvalue weighted by atomic mass is 16.5. The lowest BCUT2D eigenvalue weighted by Gasteiger charge is -2.20. The van der Waals surface area contributed by atoms with Crippen molar-refractivity contribution in [3.63, 3.8) is 0 Å². The molecule has 1 N–H and O–H groups in total. The maximum absolute atomic E-state index is 8.65. The summed E-state index contributed by atoms with van der Waals surface area (Å²) in [7, 11) is 0. The van der Waals surface area contributed by atoms with Crippen LogP contribution in [0.1, 0.15) is 5.56 Å². The molecule has 0 aliphatic carbocycles. The predicted octanol–water partition coefficient (Wildman–Crippen LogP) is 1.88. The fourth-order valence-corrected chi connectivity index (χ4v) is 1.21. The maximum Gasteiger partial charge on any atom is 0.144 e. The third kappa shape index (κ3) is 1.34. The molecule has 0 amide bonds. The van der Waals surface area contributed by atoms with Crippen molar-refractivity contribution < 1.29 is 4.74 Å². The Labute approximate surface area is 76.3 Å². The van der Waals surface area contributed by atoms with Crippen molar-refractivity contribution in [1.29, 1.82) is 5.26 Å². The number of anilines is 1. The summed E-state index contributed by atoms with van der Waals surface area (Å²) >= 11 is 0. The summed E-state index contributed by atoms with van der Waals surface area (Å²) in [4.78, 5) is 0. The van der Waals surface area contributed by atoms with Crippen LogP contribution in [0.2, 0.25) is 0 Å². The van der Waals surface area contributed by atoms with Crippen LogP contribution in [0.25, 0.3) is 0 Å². The fourth-order valence-electron chi connectivity index (χ4n) is 1.21. The molecule has 0 saturated carbocycles. The number of benzene rings is 1. The molecule has 0 aromatic heterocycles. The van der Waals surface area contributed by atoms with Crippen molar-refractivity contribution in [2.45, 2.75) is 0 Å². The first kappa shape index (κ1) is 7.69. The van der Waals surface area contributed by atoms with E-state index in [1.54, 1.807) is 12.1 Å². The van der Waals surface area contributed by atoms with E-state index in [0.29, 0.717) is 17.9 Å². The minimum Gasteiger partial charge on any atom is -0.485 e. The minimum atomic E-state index is 0.460. The van der Waals surface area contributed by atoms with Crippen molar-refractivity contribution in [3.05, 3.63) is 36.0 Å². The van der Waals surface area contributed by atoms with E-state index in [-0.39, 0.29) is 0 Å². The predicted molar refractivity (Wildman–Crippen MR) is 49.4 cm³/mol. The van der Waals surface area contributed by atoms with Crippen molar-refractivity contribution in [2.75, 3.05) is 11.9 Å². The van der Waals surface area contributed by atoms with Crippen molar-refractivity contribution >= 4 is 5.69 Å². The number of nitrogens with one attached hydrogen (secondary N) is 1. The average Bonchev–Trinajstić information content (AvgIpc) is 2.17. The summed E-state index contributed by atoms with van der Waals surface area (Å²) in [6.07, 6.45) is 0. The van der Waals surface area contributed by atoms with Crippen LogP contribution in [-0.2, 0) is 0 Å². The smallest absolute Gasteiger partial charge is 0.144 e. The Balaban J connectivity index is 2.43. The van der Waals surface area contributed by atoms with Gasteiger partial charge in [0.15, 0.2) is 0 Å². The number of ether oxygens (including phenoxy) is 1. The van der Waals surface area contributed by atoms with E-state index < -0.39 is 0 Å². The van der Waals surface area contributed by atoms with Gasteiger partial charge >= 0.3 is 0 Å². The minimum absolute atomic E-state index is 0.460. The van der Waals surface area contributed by atoms with Crippen LogP contribution in [0.4, 0.5) is 5.69 Å². The van der Waals surface area contributed by atoms with Crippen LogP contribution < -0.4 is 10.1 Å². The van der Waals surface area contributed by atoms with E-state index in [9.17, 15) is 0 Å². The van der Waals surface area contributed by atoms with Gasteiger partial charge in [0.05, 0.1) is 17.3 Å². The summed E-state index contributed by atoms with van der Waals surface area (Å²) in [6, 6.07) is 7.34. The molecule has 2 rings (SSSR count). The van der Waals surface area contributed by atoms with E-state index >= 15 is 0 Å². The summed E-state index contributed by atoms with van der Waals surface area (Å²) < 4.78 is 5.37. The van der Waals surface area contributed by atoms with E-state index in [4.69, 9.17) is 10.00 Å². The van der Waals surface area contributed by atoms with Crippen LogP contribution >= 0.6 is 0 Å². The molecule has 0 atom stereocenters. The summed E-state index contributed by atoms with van der Waals surface area (Å²) in [5, 5.41) is 11.7. The fraction of sp³-hybridized carbons (Fsp3) is 0.100. The molecule has 0 spiro atoms. The number of nitrogens with zero attached hydrogens (tertiary/aromatic N) is 1. The van der Waals surface area contributed by atoms with E-state index in [1.807, 2.05) is 6.07 Å². The number of rotatable bonds is 0. The average molecular weight is 172 g/mol. The van der Waals surface area contributed by atoms with E-state index in [0.717, 1.165) is 11.4 Å². The zero-order chi connectivity index (χ0) is 9.26. The van der Waals surface area contributed by atoms with Gasteiger partial charge in [0.2, 0.25) is 0 Å². The number of hydrogen-bond acceptors (Lipinski definition) is 3. The van der Waals surface area contributed by atoms with Gasteiger partial charge in [-0.05, 0) is 12.1 Å². The standard InChI is InChI=1S/C10H8N2O/c1-7-6-13-10-4-8(5-11)2-3-9(10)12-7/h2-4,12H,1,6H2. The third-order valence-corrected chi connectivity index (χ3v) is 1.82. The molecule has 13 heavy (non-hydrogen) atoms. The molecule has 64 valence electrons. The van der Waals surface area contributed by atoms with Crippen molar-refractivity contribution in [1.82, 2.24) is 0 Å². The van der Waals surface area contributed by atoms with Gasteiger partial charge in [-0.25, -0.2) is 0 Å². The second kappa shape index (κ2) is 2.83. The molecule has 0 fully saturated rings.